The van der Waals surface area contributed by atoms with Crippen molar-refractivity contribution in [2.75, 3.05) is 13.1 Å². The Morgan fingerprint density at radius 1 is 1.38 bits per heavy atom. The molecule has 21 heavy (non-hydrogen) atoms. The van der Waals surface area contributed by atoms with Crippen LogP contribution in [0.15, 0.2) is 27.8 Å². The first-order chi connectivity index (χ1) is 9.65. The first-order valence-electron chi connectivity index (χ1n) is 6.31. The largest absolute Gasteiger partial charge is 0.430 e. The van der Waals surface area contributed by atoms with E-state index in [2.05, 4.69) is 10.3 Å². The number of hydrogen-bond acceptors (Lipinski definition) is 6. The lowest BCUT2D eigenvalue weighted by atomic mass is 10.2. The van der Waals surface area contributed by atoms with Gasteiger partial charge in [0.2, 0.25) is 0 Å². The van der Waals surface area contributed by atoms with Crippen molar-refractivity contribution < 1.29 is 13.5 Å². The van der Waals surface area contributed by atoms with Crippen molar-refractivity contribution in [2.45, 2.75) is 23.3 Å². The molecule has 1 atom stereocenters. The first kappa shape index (κ1) is 15.9. The van der Waals surface area contributed by atoms with Crippen LogP contribution < -0.4 is 5.32 Å². The van der Waals surface area contributed by atoms with Crippen LogP contribution in [0.1, 0.15) is 12.8 Å². The number of nitrogens with zero attached hydrogens (tertiary/aromatic N) is 2. The summed E-state index contributed by atoms with van der Waals surface area (Å²) in [7, 11) is -1.31. The maximum atomic E-state index is 12.4. The quantitative estimate of drug-likeness (QED) is 0.682. The number of nitro groups is 1. The fraction of sp³-hybridized carbons (Fsp3) is 0.417. The Balaban J connectivity index is 0.00000161. The molecule has 1 aromatic carbocycles. The summed E-state index contributed by atoms with van der Waals surface area (Å²) in [5.74, 6) is 0. The third-order valence-electron chi connectivity index (χ3n) is 3.32. The van der Waals surface area contributed by atoms with Crippen molar-refractivity contribution in [3.8, 4) is 0 Å². The fourth-order valence-corrected chi connectivity index (χ4v) is 3.56. The molecule has 1 saturated heterocycles. The molecule has 1 aliphatic rings. The Kier molecular flexibility index (Phi) is 4.92. The molecule has 3 rings (SSSR count). The molecule has 0 amide bonds. The van der Waals surface area contributed by atoms with Gasteiger partial charge in [0.25, 0.3) is 10.9 Å². The van der Waals surface area contributed by atoms with Crippen LogP contribution in [0.2, 0.25) is 0 Å². The average Bonchev–Trinajstić information content (AvgIpc) is 2.90. The van der Waals surface area contributed by atoms with Crippen LogP contribution in [0.5, 0.6) is 0 Å². The summed E-state index contributed by atoms with van der Waals surface area (Å²) in [5.41, 5.74) is 0.745. The Labute approximate surface area is 129 Å². The van der Waals surface area contributed by atoms with Gasteiger partial charge in [-0.05, 0) is 32.0 Å². The van der Waals surface area contributed by atoms with E-state index in [-0.39, 0.29) is 28.6 Å². The van der Waals surface area contributed by atoms with Crippen LogP contribution >= 0.6 is 12.4 Å². The molecule has 0 aliphatic carbocycles. The zero-order chi connectivity index (χ0) is 14.1. The van der Waals surface area contributed by atoms with Crippen LogP contribution in [0, 0.1) is 10.1 Å². The highest BCUT2D eigenvalue weighted by molar-refractivity contribution is 7.85. The smallest absolute Gasteiger partial charge is 0.288 e. The summed E-state index contributed by atoms with van der Waals surface area (Å²) in [6.07, 6.45) is 1.62. The summed E-state index contributed by atoms with van der Waals surface area (Å²) >= 11 is 0. The van der Waals surface area contributed by atoms with Gasteiger partial charge in [-0.2, -0.15) is 0 Å². The number of halogens is 1. The Bertz CT molecular complexity index is 684. The van der Waals surface area contributed by atoms with Gasteiger partial charge in [0.05, 0.1) is 4.92 Å². The van der Waals surface area contributed by atoms with E-state index in [4.69, 9.17) is 4.42 Å². The third-order valence-corrected chi connectivity index (χ3v) is 4.92. The SMILES string of the molecule is Cl.O=[N+]([O-])c1ccc2oc(S(=O)C3CCNCC3)nc2c1. The maximum absolute atomic E-state index is 12.4. The van der Waals surface area contributed by atoms with Gasteiger partial charge in [0.15, 0.2) is 5.58 Å². The summed E-state index contributed by atoms with van der Waals surface area (Å²) in [6, 6.07) is 4.18. The summed E-state index contributed by atoms with van der Waals surface area (Å²) < 4.78 is 17.8. The normalized spacial score (nSPS) is 17.3. The van der Waals surface area contributed by atoms with Gasteiger partial charge >= 0.3 is 0 Å². The minimum Gasteiger partial charge on any atom is -0.430 e. The molecule has 7 nitrogen and oxygen atoms in total. The second kappa shape index (κ2) is 6.50. The van der Waals surface area contributed by atoms with E-state index in [0.717, 1.165) is 25.9 Å². The molecule has 1 unspecified atom stereocenters. The standard InChI is InChI=1S/C12H13N3O4S.ClH/c16-15(17)8-1-2-11-10(7-8)14-12(19-11)20(18)9-3-5-13-6-4-9;/h1-2,7,9,13H,3-6H2;1H. The molecule has 0 bridgehead atoms. The molecule has 0 radical (unpaired) electrons. The molecule has 0 saturated carbocycles. The number of hydrogen-bond donors (Lipinski definition) is 1. The lowest BCUT2D eigenvalue weighted by Crippen LogP contribution is -2.33. The van der Waals surface area contributed by atoms with E-state index >= 15 is 0 Å². The van der Waals surface area contributed by atoms with Gasteiger partial charge in [-0.25, -0.2) is 9.19 Å². The van der Waals surface area contributed by atoms with Crippen LogP contribution in [0.4, 0.5) is 5.69 Å². The lowest BCUT2D eigenvalue weighted by Gasteiger charge is -2.20. The fourth-order valence-electron chi connectivity index (χ4n) is 2.25. The van der Waals surface area contributed by atoms with E-state index in [1.807, 2.05) is 0 Å². The average molecular weight is 332 g/mol. The molecular formula is C12H14ClN3O4S. The number of piperidine rings is 1. The van der Waals surface area contributed by atoms with E-state index in [0.29, 0.717) is 11.1 Å². The predicted molar refractivity (Wildman–Crippen MR) is 80.2 cm³/mol. The summed E-state index contributed by atoms with van der Waals surface area (Å²) in [6.45, 7) is 1.67. The van der Waals surface area contributed by atoms with E-state index < -0.39 is 15.7 Å². The third kappa shape index (κ3) is 3.22. The van der Waals surface area contributed by atoms with Crippen LogP contribution in [0.25, 0.3) is 11.1 Å². The second-order valence-electron chi connectivity index (χ2n) is 4.64. The number of nitrogens with one attached hydrogen (secondary N) is 1. The molecule has 1 N–H and O–H groups in total. The van der Waals surface area contributed by atoms with Crippen molar-refractivity contribution in [3.05, 3.63) is 28.3 Å². The summed E-state index contributed by atoms with van der Waals surface area (Å²) in [4.78, 5) is 14.4. The van der Waals surface area contributed by atoms with Gasteiger partial charge in [-0.1, -0.05) is 0 Å². The zero-order valence-corrected chi connectivity index (χ0v) is 12.6. The lowest BCUT2D eigenvalue weighted by molar-refractivity contribution is -0.384. The van der Waals surface area contributed by atoms with Crippen molar-refractivity contribution >= 4 is 40.0 Å². The zero-order valence-electron chi connectivity index (χ0n) is 11.0. The number of rotatable bonds is 3. The number of aromatic nitrogens is 1. The molecule has 2 heterocycles. The first-order valence-corrected chi connectivity index (χ1v) is 7.53. The van der Waals surface area contributed by atoms with Crippen molar-refractivity contribution in [1.82, 2.24) is 10.3 Å². The summed E-state index contributed by atoms with van der Waals surface area (Å²) in [5, 5.41) is 14.1. The molecular weight excluding hydrogens is 318 g/mol. The minimum atomic E-state index is -1.31. The molecule has 0 spiro atoms. The Hall–Kier alpha value is -1.51. The molecule has 1 aliphatic heterocycles. The van der Waals surface area contributed by atoms with Gasteiger partial charge < -0.3 is 9.73 Å². The van der Waals surface area contributed by atoms with Gasteiger partial charge in [0, 0.05) is 17.4 Å². The molecule has 114 valence electrons. The minimum absolute atomic E-state index is 0. The molecule has 1 fully saturated rings. The number of benzene rings is 1. The van der Waals surface area contributed by atoms with Crippen molar-refractivity contribution in [3.63, 3.8) is 0 Å². The number of non-ortho nitro benzene ring substituents is 1. The molecule has 9 heteroatoms. The van der Waals surface area contributed by atoms with E-state index in [1.54, 1.807) is 0 Å². The van der Waals surface area contributed by atoms with Gasteiger partial charge in [0.1, 0.15) is 16.3 Å². The van der Waals surface area contributed by atoms with Gasteiger partial charge in [-0.15, -0.1) is 12.4 Å². The van der Waals surface area contributed by atoms with Crippen LogP contribution in [-0.2, 0) is 10.8 Å². The number of oxazole rings is 1. The highest BCUT2D eigenvalue weighted by Crippen LogP contribution is 2.25. The second-order valence-corrected chi connectivity index (χ2v) is 6.25. The topological polar surface area (TPSA) is 98.3 Å². The highest BCUT2D eigenvalue weighted by Gasteiger charge is 2.25. The monoisotopic (exact) mass is 331 g/mol. The maximum Gasteiger partial charge on any atom is 0.288 e. The molecule has 2 aromatic rings. The van der Waals surface area contributed by atoms with E-state index in [9.17, 15) is 14.3 Å². The predicted octanol–water partition coefficient (Wildman–Crippen LogP) is 2.02. The van der Waals surface area contributed by atoms with Crippen molar-refractivity contribution in [2.24, 2.45) is 0 Å². The highest BCUT2D eigenvalue weighted by atomic mass is 35.5. The Morgan fingerprint density at radius 3 is 2.76 bits per heavy atom. The van der Waals surface area contributed by atoms with E-state index in [1.165, 1.54) is 18.2 Å². The Morgan fingerprint density at radius 2 is 2.10 bits per heavy atom. The van der Waals surface area contributed by atoms with Crippen molar-refractivity contribution in [1.29, 1.82) is 0 Å². The van der Waals surface area contributed by atoms with Gasteiger partial charge in [-0.3, -0.25) is 10.1 Å². The number of nitro benzene ring substituents is 1. The number of fused-ring (bicyclic) bond motifs is 1. The van der Waals surface area contributed by atoms with Crippen LogP contribution in [-0.4, -0.2) is 32.5 Å². The molecule has 1 aromatic heterocycles. The van der Waals surface area contributed by atoms with Crippen LogP contribution in [0.3, 0.4) is 0 Å².